The lowest BCUT2D eigenvalue weighted by Crippen LogP contribution is -2.36. The van der Waals surface area contributed by atoms with Crippen molar-refractivity contribution in [1.29, 1.82) is 0 Å². The fraction of sp³-hybridized carbons (Fsp3) is 0.444. The molecule has 0 saturated heterocycles. The van der Waals surface area contributed by atoms with Gasteiger partial charge in [0.05, 0.1) is 10.7 Å². The Balaban J connectivity index is 1.67. The topological polar surface area (TPSA) is 86.1 Å². The summed E-state index contributed by atoms with van der Waals surface area (Å²) in [6.45, 7) is 3.41. The first-order valence-electron chi connectivity index (χ1n) is 8.60. The van der Waals surface area contributed by atoms with Crippen LogP contribution in [0.4, 0.5) is 0 Å². The van der Waals surface area contributed by atoms with Gasteiger partial charge in [0.15, 0.2) is 18.1 Å². The van der Waals surface area contributed by atoms with E-state index in [0.717, 1.165) is 37.1 Å². The van der Waals surface area contributed by atoms with Crippen LogP contribution in [0, 0.1) is 13.8 Å². The molecule has 0 aromatic carbocycles. The van der Waals surface area contributed by atoms with E-state index in [2.05, 4.69) is 15.4 Å². The quantitative estimate of drug-likeness (QED) is 0.811. The van der Waals surface area contributed by atoms with E-state index in [9.17, 15) is 9.59 Å². The van der Waals surface area contributed by atoms with Crippen molar-refractivity contribution in [1.82, 2.24) is 20.1 Å². The number of esters is 1. The molecule has 1 aliphatic rings. The number of carbonyl (C=O) groups is 2. The molecule has 3 rings (SSSR count). The van der Waals surface area contributed by atoms with Crippen LogP contribution in [0.5, 0.6) is 0 Å². The summed E-state index contributed by atoms with van der Waals surface area (Å²) in [5, 5.41) is 7.36. The molecule has 1 N–H and O–H groups in total. The van der Waals surface area contributed by atoms with Crippen LogP contribution in [-0.2, 0) is 9.53 Å². The molecule has 2 heterocycles. The summed E-state index contributed by atoms with van der Waals surface area (Å²) in [5.41, 5.74) is 1.69. The number of nitrogens with zero attached hydrogens (tertiary/aromatic N) is 3. The molecular formula is C18H21ClN4O3. The number of nitrogens with one attached hydrogen (secondary N) is 1. The van der Waals surface area contributed by atoms with Crippen molar-refractivity contribution in [2.75, 3.05) is 6.61 Å². The fourth-order valence-electron chi connectivity index (χ4n) is 3.09. The molecule has 0 bridgehead atoms. The van der Waals surface area contributed by atoms with Crippen molar-refractivity contribution in [3.8, 4) is 5.82 Å². The van der Waals surface area contributed by atoms with Crippen molar-refractivity contribution in [2.24, 2.45) is 0 Å². The van der Waals surface area contributed by atoms with E-state index in [-0.39, 0.29) is 29.3 Å². The number of carbonyl (C=O) groups excluding carboxylic acids is 2. The number of pyridine rings is 1. The van der Waals surface area contributed by atoms with Gasteiger partial charge in [0, 0.05) is 11.7 Å². The molecule has 2 aromatic rings. The average Bonchev–Trinajstić information content (AvgIpc) is 3.22. The SMILES string of the molecule is Cc1cc(C)n(-c2ccc(Cl)c(C(=O)OCC(=O)NC3CCCC3)n2)n1. The number of rotatable bonds is 5. The molecule has 2 aromatic heterocycles. The molecule has 0 aliphatic heterocycles. The number of aryl methyl sites for hydroxylation is 2. The second-order valence-electron chi connectivity index (χ2n) is 6.46. The van der Waals surface area contributed by atoms with Gasteiger partial charge in [0.2, 0.25) is 0 Å². The van der Waals surface area contributed by atoms with Crippen molar-refractivity contribution in [2.45, 2.75) is 45.6 Å². The molecule has 0 unspecified atom stereocenters. The van der Waals surface area contributed by atoms with Gasteiger partial charge in [-0.25, -0.2) is 14.5 Å². The smallest absolute Gasteiger partial charge is 0.359 e. The van der Waals surface area contributed by atoms with E-state index >= 15 is 0 Å². The minimum Gasteiger partial charge on any atom is -0.451 e. The molecule has 138 valence electrons. The Kier molecular flexibility index (Phi) is 5.56. The van der Waals surface area contributed by atoms with E-state index in [1.54, 1.807) is 16.8 Å². The maximum atomic E-state index is 12.3. The second kappa shape index (κ2) is 7.86. The van der Waals surface area contributed by atoms with Gasteiger partial charge in [-0.1, -0.05) is 24.4 Å². The Morgan fingerprint density at radius 3 is 2.69 bits per heavy atom. The van der Waals surface area contributed by atoms with Crippen molar-refractivity contribution >= 4 is 23.5 Å². The summed E-state index contributed by atoms with van der Waals surface area (Å²) in [5.74, 6) is -0.585. The Bertz CT molecular complexity index is 828. The molecule has 0 radical (unpaired) electrons. The van der Waals surface area contributed by atoms with Crippen LogP contribution in [-0.4, -0.2) is 39.3 Å². The molecule has 1 aliphatic carbocycles. The molecule has 0 atom stereocenters. The van der Waals surface area contributed by atoms with Crippen LogP contribution in [0.2, 0.25) is 5.02 Å². The van der Waals surface area contributed by atoms with Crippen LogP contribution in [0.15, 0.2) is 18.2 Å². The normalized spacial score (nSPS) is 14.4. The lowest BCUT2D eigenvalue weighted by Gasteiger charge is -2.12. The maximum absolute atomic E-state index is 12.3. The lowest BCUT2D eigenvalue weighted by molar-refractivity contribution is -0.124. The van der Waals surface area contributed by atoms with Gasteiger partial charge in [0.25, 0.3) is 5.91 Å². The number of hydrogen-bond acceptors (Lipinski definition) is 5. The standard InChI is InChI=1S/C18H21ClN4O3/c1-11-9-12(2)23(22-11)15-8-7-14(19)17(21-15)18(25)26-10-16(24)20-13-5-3-4-6-13/h7-9,13H,3-6,10H2,1-2H3,(H,20,24). The first-order valence-corrected chi connectivity index (χ1v) is 8.98. The van der Waals surface area contributed by atoms with E-state index in [4.69, 9.17) is 16.3 Å². The first-order chi connectivity index (χ1) is 12.4. The van der Waals surface area contributed by atoms with E-state index in [1.807, 2.05) is 19.9 Å². The number of amides is 1. The van der Waals surface area contributed by atoms with Gasteiger partial charge in [-0.2, -0.15) is 5.10 Å². The highest BCUT2D eigenvalue weighted by Crippen LogP contribution is 2.19. The molecule has 1 saturated carbocycles. The van der Waals surface area contributed by atoms with Gasteiger partial charge in [-0.3, -0.25) is 4.79 Å². The third-order valence-electron chi connectivity index (χ3n) is 4.31. The lowest BCUT2D eigenvalue weighted by atomic mass is 10.2. The van der Waals surface area contributed by atoms with Crippen LogP contribution in [0.3, 0.4) is 0 Å². The number of aromatic nitrogens is 3. The van der Waals surface area contributed by atoms with Gasteiger partial charge in [0.1, 0.15) is 0 Å². The minimum absolute atomic E-state index is 0.0367. The molecular weight excluding hydrogens is 356 g/mol. The largest absolute Gasteiger partial charge is 0.451 e. The van der Waals surface area contributed by atoms with Crippen molar-refractivity contribution in [3.63, 3.8) is 0 Å². The van der Waals surface area contributed by atoms with E-state index in [1.165, 1.54) is 0 Å². The van der Waals surface area contributed by atoms with Gasteiger partial charge in [-0.15, -0.1) is 0 Å². The van der Waals surface area contributed by atoms with Gasteiger partial charge >= 0.3 is 5.97 Å². The Morgan fingerprint density at radius 2 is 2.04 bits per heavy atom. The van der Waals surface area contributed by atoms with Crippen molar-refractivity contribution < 1.29 is 14.3 Å². The van der Waals surface area contributed by atoms with E-state index < -0.39 is 5.97 Å². The number of halogens is 1. The van der Waals surface area contributed by atoms with Gasteiger partial charge in [-0.05, 0) is 44.9 Å². The number of ether oxygens (including phenoxy) is 1. The first kappa shape index (κ1) is 18.4. The summed E-state index contributed by atoms with van der Waals surface area (Å²) < 4.78 is 6.70. The summed E-state index contributed by atoms with van der Waals surface area (Å²) >= 11 is 6.08. The monoisotopic (exact) mass is 376 g/mol. The Morgan fingerprint density at radius 1 is 1.31 bits per heavy atom. The van der Waals surface area contributed by atoms with E-state index in [0.29, 0.717) is 5.82 Å². The zero-order valence-corrected chi connectivity index (χ0v) is 15.5. The highest BCUT2D eigenvalue weighted by Gasteiger charge is 2.20. The highest BCUT2D eigenvalue weighted by atomic mass is 35.5. The third kappa shape index (κ3) is 4.22. The minimum atomic E-state index is -0.736. The zero-order valence-electron chi connectivity index (χ0n) is 14.8. The molecule has 7 nitrogen and oxygen atoms in total. The Labute approximate surface area is 156 Å². The maximum Gasteiger partial charge on any atom is 0.359 e. The predicted octanol–water partition coefficient (Wildman–Crippen LogP) is 2.75. The molecule has 1 amide bonds. The summed E-state index contributed by atoms with van der Waals surface area (Å²) in [4.78, 5) is 28.5. The zero-order chi connectivity index (χ0) is 18.7. The van der Waals surface area contributed by atoms with Crippen LogP contribution in [0.25, 0.3) is 5.82 Å². The predicted molar refractivity (Wildman–Crippen MR) is 96.5 cm³/mol. The van der Waals surface area contributed by atoms with Crippen LogP contribution < -0.4 is 5.32 Å². The highest BCUT2D eigenvalue weighted by molar-refractivity contribution is 6.33. The number of hydrogen-bond donors (Lipinski definition) is 1. The van der Waals surface area contributed by atoms with Gasteiger partial charge < -0.3 is 10.1 Å². The van der Waals surface area contributed by atoms with Crippen LogP contribution in [0.1, 0.15) is 47.6 Å². The third-order valence-corrected chi connectivity index (χ3v) is 4.61. The molecule has 26 heavy (non-hydrogen) atoms. The molecule has 8 heteroatoms. The molecule has 0 spiro atoms. The average molecular weight is 377 g/mol. The van der Waals surface area contributed by atoms with Crippen molar-refractivity contribution in [3.05, 3.63) is 40.3 Å². The summed E-state index contributed by atoms with van der Waals surface area (Å²) in [6.07, 6.45) is 4.17. The molecule has 1 fully saturated rings. The summed E-state index contributed by atoms with van der Waals surface area (Å²) in [7, 11) is 0. The second-order valence-corrected chi connectivity index (χ2v) is 6.87. The Hall–Kier alpha value is -2.41. The summed E-state index contributed by atoms with van der Waals surface area (Å²) in [6, 6.07) is 5.32. The fourth-order valence-corrected chi connectivity index (χ4v) is 3.28. The van der Waals surface area contributed by atoms with Crippen LogP contribution >= 0.6 is 11.6 Å².